The largest absolute Gasteiger partial charge is 0.325 e. The number of sulfonamides is 1. The number of amides is 1. The Morgan fingerprint density at radius 3 is 2.64 bits per heavy atom. The van der Waals surface area contributed by atoms with Gasteiger partial charge in [-0.05, 0) is 43.7 Å². The normalized spacial score (nSPS) is 17.4. The van der Waals surface area contributed by atoms with Gasteiger partial charge in [0.25, 0.3) is 10.0 Å². The third kappa shape index (κ3) is 3.99. The first-order chi connectivity index (χ1) is 11.7. The smallest absolute Gasteiger partial charge is 0.261 e. The van der Waals surface area contributed by atoms with E-state index in [2.05, 4.69) is 10.0 Å². The minimum atomic E-state index is -3.74. The predicted octanol–water partition coefficient (Wildman–Crippen LogP) is 3.93. The molecule has 0 aliphatic carbocycles. The molecule has 1 heterocycles. The molecule has 1 atom stereocenters. The van der Waals surface area contributed by atoms with Crippen molar-refractivity contribution in [2.24, 2.45) is 0 Å². The van der Waals surface area contributed by atoms with E-state index in [1.54, 1.807) is 30.0 Å². The van der Waals surface area contributed by atoms with Gasteiger partial charge in [-0.1, -0.05) is 24.6 Å². The maximum Gasteiger partial charge on any atom is 0.261 e. The van der Waals surface area contributed by atoms with E-state index in [0.717, 1.165) is 16.0 Å². The van der Waals surface area contributed by atoms with Crippen LogP contribution in [0.25, 0.3) is 0 Å². The molecule has 0 aromatic heterocycles. The van der Waals surface area contributed by atoms with Crippen LogP contribution >= 0.6 is 11.8 Å². The molecule has 0 saturated carbocycles. The standard InChI is InChI=1S/C18H20N2O3S2/c1-11-4-6-15(12(2)8-11)20-25(22,23)14-5-7-17-16(10-14)19-18(21)9-13(3)24-17/h4-8,10,13,20H,9H2,1-3H3,(H,19,21). The van der Waals surface area contributed by atoms with Gasteiger partial charge in [-0.3, -0.25) is 9.52 Å². The van der Waals surface area contributed by atoms with Crippen LogP contribution < -0.4 is 10.0 Å². The Kier molecular flexibility index (Phi) is 4.79. The SMILES string of the molecule is Cc1ccc(NS(=O)(=O)c2ccc3c(c2)NC(=O)CC(C)S3)c(C)c1. The van der Waals surface area contributed by atoms with E-state index in [0.29, 0.717) is 17.8 Å². The lowest BCUT2D eigenvalue weighted by atomic mass is 10.1. The van der Waals surface area contributed by atoms with Crippen LogP contribution in [0.3, 0.4) is 0 Å². The molecule has 1 aliphatic rings. The van der Waals surface area contributed by atoms with E-state index < -0.39 is 10.0 Å². The minimum Gasteiger partial charge on any atom is -0.325 e. The first kappa shape index (κ1) is 17.8. The highest BCUT2D eigenvalue weighted by atomic mass is 32.2. The van der Waals surface area contributed by atoms with Crippen LogP contribution in [-0.2, 0) is 14.8 Å². The van der Waals surface area contributed by atoms with Crippen molar-refractivity contribution in [1.82, 2.24) is 0 Å². The fourth-order valence-electron chi connectivity index (χ4n) is 2.73. The summed E-state index contributed by atoms with van der Waals surface area (Å²) in [6, 6.07) is 10.4. The third-order valence-corrected chi connectivity index (χ3v) is 6.50. The van der Waals surface area contributed by atoms with E-state index in [1.807, 2.05) is 32.9 Å². The molecule has 132 valence electrons. The highest BCUT2D eigenvalue weighted by molar-refractivity contribution is 8.00. The molecular weight excluding hydrogens is 356 g/mol. The molecule has 25 heavy (non-hydrogen) atoms. The van der Waals surface area contributed by atoms with Gasteiger partial charge in [-0.25, -0.2) is 8.42 Å². The first-order valence-electron chi connectivity index (χ1n) is 7.95. The molecule has 1 amide bonds. The van der Waals surface area contributed by atoms with E-state index in [9.17, 15) is 13.2 Å². The summed E-state index contributed by atoms with van der Waals surface area (Å²) in [6.07, 6.45) is 0.405. The lowest BCUT2D eigenvalue weighted by Gasteiger charge is -2.13. The predicted molar refractivity (Wildman–Crippen MR) is 102 cm³/mol. The second-order valence-electron chi connectivity index (χ2n) is 6.26. The number of carbonyl (C=O) groups is 1. The van der Waals surface area contributed by atoms with Crippen molar-refractivity contribution in [3.8, 4) is 0 Å². The molecule has 0 saturated heterocycles. The van der Waals surface area contributed by atoms with Crippen LogP contribution in [-0.4, -0.2) is 19.6 Å². The van der Waals surface area contributed by atoms with E-state index in [4.69, 9.17) is 0 Å². The number of nitrogens with one attached hydrogen (secondary N) is 2. The van der Waals surface area contributed by atoms with Crippen molar-refractivity contribution in [3.05, 3.63) is 47.5 Å². The van der Waals surface area contributed by atoms with Gasteiger partial charge in [0.05, 0.1) is 16.3 Å². The van der Waals surface area contributed by atoms with Crippen molar-refractivity contribution >= 4 is 39.1 Å². The third-order valence-electron chi connectivity index (χ3n) is 3.96. The van der Waals surface area contributed by atoms with Gasteiger partial charge in [0.2, 0.25) is 5.91 Å². The number of anilines is 2. The van der Waals surface area contributed by atoms with Crippen LogP contribution in [0.5, 0.6) is 0 Å². The number of hydrogen-bond acceptors (Lipinski definition) is 4. The summed E-state index contributed by atoms with van der Waals surface area (Å²) in [4.78, 5) is 12.9. The Balaban J connectivity index is 1.94. The number of aryl methyl sites for hydroxylation is 2. The van der Waals surface area contributed by atoms with Crippen molar-refractivity contribution < 1.29 is 13.2 Å². The van der Waals surface area contributed by atoms with Gasteiger partial charge in [0.1, 0.15) is 0 Å². The molecule has 2 aromatic carbocycles. The van der Waals surface area contributed by atoms with Crippen LogP contribution in [0.15, 0.2) is 46.2 Å². The lowest BCUT2D eigenvalue weighted by molar-refractivity contribution is -0.116. The number of carbonyl (C=O) groups excluding carboxylic acids is 1. The quantitative estimate of drug-likeness (QED) is 0.851. The summed E-state index contributed by atoms with van der Waals surface area (Å²) >= 11 is 1.57. The molecule has 0 bridgehead atoms. The highest BCUT2D eigenvalue weighted by Gasteiger charge is 2.22. The maximum atomic E-state index is 12.7. The molecule has 0 spiro atoms. The molecule has 2 aromatic rings. The van der Waals surface area contributed by atoms with Crippen LogP contribution in [0.2, 0.25) is 0 Å². The Morgan fingerprint density at radius 1 is 1.16 bits per heavy atom. The minimum absolute atomic E-state index is 0.101. The average molecular weight is 377 g/mol. The van der Waals surface area contributed by atoms with Gasteiger partial charge in [0, 0.05) is 16.6 Å². The average Bonchev–Trinajstić information content (AvgIpc) is 2.65. The van der Waals surface area contributed by atoms with E-state index in [1.165, 1.54) is 6.07 Å². The highest BCUT2D eigenvalue weighted by Crippen LogP contribution is 2.36. The fraction of sp³-hybridized carbons (Fsp3) is 0.278. The van der Waals surface area contributed by atoms with E-state index >= 15 is 0 Å². The summed E-state index contributed by atoms with van der Waals surface area (Å²) in [6.45, 7) is 5.80. The Hall–Kier alpha value is -1.99. The molecule has 5 nitrogen and oxygen atoms in total. The van der Waals surface area contributed by atoms with Crippen LogP contribution in [0, 0.1) is 13.8 Å². The zero-order valence-corrected chi connectivity index (χ0v) is 15.9. The second kappa shape index (κ2) is 6.72. The topological polar surface area (TPSA) is 75.3 Å². The van der Waals surface area contributed by atoms with Gasteiger partial charge in [-0.2, -0.15) is 0 Å². The number of fused-ring (bicyclic) bond motifs is 1. The number of thioether (sulfide) groups is 1. The molecule has 0 radical (unpaired) electrons. The number of rotatable bonds is 3. The number of benzene rings is 2. The molecule has 0 fully saturated rings. The van der Waals surface area contributed by atoms with Crippen molar-refractivity contribution in [1.29, 1.82) is 0 Å². The summed E-state index contributed by atoms with van der Waals surface area (Å²) < 4.78 is 28.1. The maximum absolute atomic E-state index is 12.7. The van der Waals surface area contributed by atoms with Gasteiger partial charge in [0.15, 0.2) is 0 Å². The van der Waals surface area contributed by atoms with Gasteiger partial charge < -0.3 is 5.32 Å². The molecule has 2 N–H and O–H groups in total. The molecule has 3 rings (SSSR count). The molecular formula is C18H20N2O3S2. The van der Waals surface area contributed by atoms with Crippen LogP contribution in [0.1, 0.15) is 24.5 Å². The zero-order chi connectivity index (χ0) is 18.2. The lowest BCUT2D eigenvalue weighted by Crippen LogP contribution is -2.15. The fourth-order valence-corrected chi connectivity index (χ4v) is 4.94. The Labute approximate surface area is 152 Å². The molecule has 1 aliphatic heterocycles. The second-order valence-corrected chi connectivity index (χ2v) is 9.43. The van der Waals surface area contributed by atoms with Crippen molar-refractivity contribution in [2.75, 3.05) is 10.0 Å². The summed E-state index contributed by atoms with van der Waals surface area (Å²) in [5, 5.41) is 2.95. The van der Waals surface area contributed by atoms with Crippen molar-refractivity contribution in [2.45, 2.75) is 42.2 Å². The Morgan fingerprint density at radius 2 is 1.92 bits per heavy atom. The molecule has 1 unspecified atom stereocenters. The van der Waals surface area contributed by atoms with E-state index in [-0.39, 0.29) is 16.1 Å². The van der Waals surface area contributed by atoms with Crippen molar-refractivity contribution in [3.63, 3.8) is 0 Å². The summed E-state index contributed by atoms with van der Waals surface area (Å²) in [7, 11) is -3.74. The molecule has 7 heteroatoms. The van der Waals surface area contributed by atoms with Gasteiger partial charge in [-0.15, -0.1) is 11.8 Å². The number of hydrogen-bond donors (Lipinski definition) is 2. The zero-order valence-electron chi connectivity index (χ0n) is 14.3. The first-order valence-corrected chi connectivity index (χ1v) is 10.3. The Bertz CT molecular complexity index is 939. The summed E-state index contributed by atoms with van der Waals surface area (Å²) in [5.74, 6) is -0.101. The summed E-state index contributed by atoms with van der Waals surface area (Å²) in [5.41, 5.74) is 3.02. The van der Waals surface area contributed by atoms with Gasteiger partial charge >= 0.3 is 0 Å². The van der Waals surface area contributed by atoms with Crippen LogP contribution in [0.4, 0.5) is 11.4 Å². The monoisotopic (exact) mass is 376 g/mol.